The second-order valence-corrected chi connectivity index (χ2v) is 15.3. The number of ketones is 2. The number of amides is 4. The fourth-order valence-electron chi connectivity index (χ4n) is 8.23. The first-order chi connectivity index (χ1) is 28.8. The lowest BCUT2D eigenvalue weighted by Gasteiger charge is -2.39. The Labute approximate surface area is 346 Å². The number of piperazine rings is 2. The molecular formula is C46H46N6O8. The number of H-pyrrole nitrogens is 1. The zero-order valence-electron chi connectivity index (χ0n) is 33.6. The summed E-state index contributed by atoms with van der Waals surface area (Å²) < 4.78 is 0. The third-order valence-electron chi connectivity index (χ3n) is 11.5. The molecule has 1 aromatic heterocycles. The summed E-state index contributed by atoms with van der Waals surface area (Å²) in [7, 11) is 0. The Morgan fingerprint density at radius 1 is 0.633 bits per heavy atom. The van der Waals surface area contributed by atoms with E-state index in [1.165, 1.54) is 11.0 Å². The monoisotopic (exact) mass is 810 g/mol. The molecule has 0 bridgehead atoms. The van der Waals surface area contributed by atoms with E-state index in [-0.39, 0.29) is 42.6 Å². The van der Waals surface area contributed by atoms with Gasteiger partial charge in [0.1, 0.15) is 0 Å². The van der Waals surface area contributed by atoms with Crippen molar-refractivity contribution >= 4 is 57.8 Å². The van der Waals surface area contributed by atoms with Gasteiger partial charge in [0, 0.05) is 86.1 Å². The Kier molecular flexibility index (Phi) is 11.9. The molecule has 0 saturated carbocycles. The number of carboxylic acid groups (broad SMARTS) is 1. The van der Waals surface area contributed by atoms with E-state index in [2.05, 4.69) is 10.3 Å². The van der Waals surface area contributed by atoms with Crippen LogP contribution in [0, 0.1) is 6.92 Å². The van der Waals surface area contributed by atoms with Gasteiger partial charge in [-0.25, -0.2) is 4.79 Å². The molecule has 3 N–H and O–H groups in total. The minimum Gasteiger partial charge on any atom is -0.478 e. The van der Waals surface area contributed by atoms with Crippen LogP contribution in [0.4, 0.5) is 5.69 Å². The molecule has 0 spiro atoms. The first kappa shape index (κ1) is 41.1. The van der Waals surface area contributed by atoms with Gasteiger partial charge in [-0.1, -0.05) is 66.7 Å². The average molecular weight is 811 g/mol. The number of carbonyl (C=O) groups excluding carboxylic acids is 6. The number of para-hydroxylation sites is 2. The number of benzene rings is 4. The number of nitrogens with one attached hydrogen (secondary N) is 2. The van der Waals surface area contributed by atoms with Crippen LogP contribution in [0.15, 0.2) is 103 Å². The van der Waals surface area contributed by atoms with Crippen LogP contribution < -0.4 is 5.32 Å². The number of hydrogen-bond acceptors (Lipinski definition) is 8. The SMILES string of the molecule is C[C@@H]1CN(C(=O)c2ccccc2)CCN1C(=O)C(=O)C1CNc2c(C(=O)O)cccc21.Cc1cccc2c(C(=O)C(=O)N3CCN(C(=O)c4ccccc4)C[C@H]3C)c[nH]c12. The number of aromatic amines is 1. The van der Waals surface area contributed by atoms with Crippen LogP contribution >= 0.6 is 0 Å². The van der Waals surface area contributed by atoms with E-state index >= 15 is 0 Å². The molecule has 3 aliphatic rings. The molecule has 0 aliphatic carbocycles. The summed E-state index contributed by atoms with van der Waals surface area (Å²) in [5.41, 5.74) is 4.52. The molecule has 14 nitrogen and oxygen atoms in total. The smallest absolute Gasteiger partial charge is 0.337 e. The number of aromatic nitrogens is 1. The van der Waals surface area contributed by atoms with Crippen molar-refractivity contribution in [1.29, 1.82) is 0 Å². The number of nitrogens with zero attached hydrogens (tertiary/aromatic N) is 4. The van der Waals surface area contributed by atoms with Crippen LogP contribution in [-0.2, 0) is 14.4 Å². The van der Waals surface area contributed by atoms with E-state index in [0.29, 0.717) is 60.7 Å². The standard InChI is InChI=1S/C23H23N3O5.C23H23N3O3/c1-14-13-25(21(28)15-6-3-2-4-7-15)10-11-26(14)22(29)20(27)18-12-24-19-16(18)8-5-9-17(19)23(30)31;1-15-7-6-10-18-19(13-24-20(15)18)21(27)23(29)26-12-11-25(14-16(26)2)22(28)17-8-4-3-5-9-17/h2-9,14,18,24H,10-13H2,1H3,(H,30,31);3-10,13,16,24H,11-12,14H2,1-2H3/t14-,18?;16-/m11/s1. The number of aromatic carboxylic acids is 1. The maximum Gasteiger partial charge on any atom is 0.337 e. The fourth-order valence-corrected chi connectivity index (χ4v) is 8.23. The van der Waals surface area contributed by atoms with E-state index in [0.717, 1.165) is 16.5 Å². The normalized spacial score (nSPS) is 18.5. The Bertz CT molecular complexity index is 2480. The summed E-state index contributed by atoms with van der Waals surface area (Å²) in [6.45, 7) is 7.94. The van der Waals surface area contributed by atoms with Gasteiger partial charge in [-0.15, -0.1) is 0 Å². The molecule has 4 amide bonds. The van der Waals surface area contributed by atoms with Crippen LogP contribution in [0.1, 0.15) is 72.3 Å². The van der Waals surface area contributed by atoms with Gasteiger partial charge in [0.2, 0.25) is 5.78 Å². The summed E-state index contributed by atoms with van der Waals surface area (Å²) >= 11 is 0. The Hall–Kier alpha value is -7.09. The number of rotatable bonds is 7. The highest BCUT2D eigenvalue weighted by Crippen LogP contribution is 2.35. The molecular weight excluding hydrogens is 765 g/mol. The number of aryl methyl sites for hydroxylation is 1. The predicted octanol–water partition coefficient (Wildman–Crippen LogP) is 4.87. The Morgan fingerprint density at radius 2 is 1.18 bits per heavy atom. The quantitative estimate of drug-likeness (QED) is 0.153. The number of carboxylic acids is 1. The van der Waals surface area contributed by atoms with Crippen LogP contribution in [0.5, 0.6) is 0 Å². The minimum atomic E-state index is -1.09. The van der Waals surface area contributed by atoms with Crippen molar-refractivity contribution in [2.75, 3.05) is 51.1 Å². The number of fused-ring (bicyclic) bond motifs is 2. The van der Waals surface area contributed by atoms with Crippen molar-refractivity contribution in [3.05, 3.63) is 137 Å². The highest BCUT2D eigenvalue weighted by Gasteiger charge is 2.40. The predicted molar refractivity (Wildman–Crippen MR) is 224 cm³/mol. The molecule has 4 heterocycles. The molecule has 308 valence electrons. The molecule has 3 atom stereocenters. The van der Waals surface area contributed by atoms with E-state index in [1.807, 2.05) is 63.2 Å². The van der Waals surface area contributed by atoms with Gasteiger partial charge in [-0.2, -0.15) is 0 Å². The van der Waals surface area contributed by atoms with E-state index < -0.39 is 35.3 Å². The maximum atomic E-state index is 13.0. The highest BCUT2D eigenvalue weighted by atomic mass is 16.4. The van der Waals surface area contributed by atoms with Crippen LogP contribution in [0.25, 0.3) is 10.9 Å². The van der Waals surface area contributed by atoms with Crippen LogP contribution in [0.2, 0.25) is 0 Å². The van der Waals surface area contributed by atoms with Crippen molar-refractivity contribution in [1.82, 2.24) is 24.6 Å². The van der Waals surface area contributed by atoms with E-state index in [4.69, 9.17) is 0 Å². The highest BCUT2D eigenvalue weighted by molar-refractivity contribution is 6.45. The topological polar surface area (TPSA) is 180 Å². The maximum absolute atomic E-state index is 13.0. The second kappa shape index (κ2) is 17.4. The van der Waals surface area contributed by atoms with Crippen molar-refractivity contribution in [3.63, 3.8) is 0 Å². The number of hydrogen-bond donors (Lipinski definition) is 3. The lowest BCUT2D eigenvalue weighted by Crippen LogP contribution is -2.57. The van der Waals surface area contributed by atoms with E-state index in [9.17, 15) is 38.7 Å². The molecule has 2 fully saturated rings. The molecule has 14 heteroatoms. The Balaban J connectivity index is 0.000000182. The molecule has 3 aliphatic heterocycles. The molecule has 0 radical (unpaired) electrons. The molecule has 2 saturated heterocycles. The van der Waals surface area contributed by atoms with Gasteiger partial charge in [0.05, 0.1) is 22.7 Å². The van der Waals surface area contributed by atoms with Crippen molar-refractivity contribution < 1.29 is 38.7 Å². The summed E-state index contributed by atoms with van der Waals surface area (Å²) in [6.07, 6.45) is 1.61. The summed E-state index contributed by atoms with van der Waals surface area (Å²) in [4.78, 5) is 98.3. The zero-order chi connectivity index (χ0) is 42.7. The van der Waals surface area contributed by atoms with Gasteiger partial charge in [0.15, 0.2) is 0 Å². The van der Waals surface area contributed by atoms with Crippen molar-refractivity contribution in [3.8, 4) is 0 Å². The van der Waals surface area contributed by atoms with Gasteiger partial charge in [-0.05, 0) is 62.2 Å². The van der Waals surface area contributed by atoms with E-state index in [1.54, 1.807) is 69.4 Å². The number of anilines is 1. The molecule has 1 unspecified atom stereocenters. The molecule has 8 rings (SSSR count). The van der Waals surface area contributed by atoms with Gasteiger partial charge in [0.25, 0.3) is 29.4 Å². The largest absolute Gasteiger partial charge is 0.478 e. The third kappa shape index (κ3) is 8.13. The first-order valence-corrected chi connectivity index (χ1v) is 19.9. The first-order valence-electron chi connectivity index (χ1n) is 19.9. The lowest BCUT2D eigenvalue weighted by atomic mass is 9.94. The van der Waals surface area contributed by atoms with Gasteiger partial charge < -0.3 is 35.0 Å². The molecule has 4 aromatic carbocycles. The summed E-state index contributed by atoms with van der Waals surface area (Å²) in [5.74, 6) is -4.16. The summed E-state index contributed by atoms with van der Waals surface area (Å²) in [5, 5.41) is 13.1. The number of carbonyl (C=O) groups is 7. The van der Waals surface area contributed by atoms with Crippen molar-refractivity contribution in [2.24, 2.45) is 0 Å². The van der Waals surface area contributed by atoms with Gasteiger partial charge >= 0.3 is 5.97 Å². The van der Waals surface area contributed by atoms with Crippen LogP contribution in [0.3, 0.4) is 0 Å². The second-order valence-electron chi connectivity index (χ2n) is 15.3. The number of Topliss-reactive ketones (excluding diaryl/α,β-unsaturated/α-hetero) is 2. The fraction of sp³-hybridized carbons (Fsp3) is 0.283. The zero-order valence-corrected chi connectivity index (χ0v) is 33.6. The summed E-state index contributed by atoms with van der Waals surface area (Å²) in [6, 6.07) is 27.9. The third-order valence-corrected chi connectivity index (χ3v) is 11.5. The molecule has 60 heavy (non-hydrogen) atoms. The Morgan fingerprint density at radius 3 is 1.73 bits per heavy atom. The van der Waals surface area contributed by atoms with Crippen molar-refractivity contribution in [2.45, 2.75) is 38.8 Å². The van der Waals surface area contributed by atoms with Gasteiger partial charge in [-0.3, -0.25) is 28.8 Å². The molecule has 5 aromatic rings. The average Bonchev–Trinajstić information content (AvgIpc) is 3.91. The van der Waals surface area contributed by atoms with Crippen LogP contribution in [-0.4, -0.2) is 129 Å². The lowest BCUT2D eigenvalue weighted by molar-refractivity contribution is -0.148. The minimum absolute atomic E-state index is 0.0528.